The molecular weight excluding hydrogens is 232 g/mol. The van der Waals surface area contributed by atoms with E-state index in [0.29, 0.717) is 11.2 Å². The molecule has 0 atom stereocenters. The lowest BCUT2D eigenvalue weighted by atomic mass is 9.47. The molecule has 4 aliphatic carbocycles. The minimum Gasteiger partial charge on any atom is -0.508 e. The predicted octanol–water partition coefficient (Wildman–Crippen LogP) is 4.48. The first-order valence-electron chi connectivity index (χ1n) is 7.86. The van der Waals surface area contributed by atoms with Gasteiger partial charge in [-0.05, 0) is 98.3 Å². The van der Waals surface area contributed by atoms with Crippen molar-refractivity contribution in [2.45, 2.75) is 57.8 Å². The van der Waals surface area contributed by atoms with E-state index in [1.807, 2.05) is 6.07 Å². The van der Waals surface area contributed by atoms with Gasteiger partial charge in [0.2, 0.25) is 0 Å². The summed E-state index contributed by atoms with van der Waals surface area (Å²) in [7, 11) is 0. The zero-order valence-corrected chi connectivity index (χ0v) is 12.1. The smallest absolute Gasteiger partial charge is 0.119 e. The van der Waals surface area contributed by atoms with Gasteiger partial charge in [-0.3, -0.25) is 0 Å². The molecule has 0 radical (unpaired) electrons. The number of rotatable bonds is 1. The third kappa shape index (κ3) is 1.67. The van der Waals surface area contributed by atoms with Crippen molar-refractivity contribution < 1.29 is 5.11 Å². The van der Waals surface area contributed by atoms with Crippen molar-refractivity contribution in [2.75, 3.05) is 0 Å². The molecule has 102 valence electrons. The van der Waals surface area contributed by atoms with E-state index < -0.39 is 0 Å². The molecule has 0 heterocycles. The summed E-state index contributed by atoms with van der Waals surface area (Å²) in [6, 6.07) is 4.28. The van der Waals surface area contributed by atoms with Crippen LogP contribution in [-0.2, 0) is 5.41 Å². The number of hydrogen-bond acceptors (Lipinski definition) is 1. The van der Waals surface area contributed by atoms with Gasteiger partial charge in [-0.1, -0.05) is 6.07 Å². The van der Waals surface area contributed by atoms with E-state index >= 15 is 0 Å². The zero-order valence-electron chi connectivity index (χ0n) is 12.1. The lowest BCUT2D eigenvalue weighted by Gasteiger charge is -2.57. The number of benzene rings is 1. The second-order valence-corrected chi connectivity index (χ2v) is 7.65. The summed E-state index contributed by atoms with van der Waals surface area (Å²) in [5.74, 6) is 3.40. The van der Waals surface area contributed by atoms with E-state index in [-0.39, 0.29) is 0 Å². The Kier molecular flexibility index (Phi) is 2.35. The molecule has 0 saturated heterocycles. The maximum atomic E-state index is 10.2. The fraction of sp³-hybridized carbons (Fsp3) is 0.667. The van der Waals surface area contributed by atoms with E-state index in [1.165, 1.54) is 49.7 Å². The summed E-state index contributed by atoms with van der Waals surface area (Å²) in [6.07, 6.45) is 8.58. The van der Waals surface area contributed by atoms with Crippen LogP contribution in [0.1, 0.15) is 55.2 Å². The maximum absolute atomic E-state index is 10.2. The molecule has 1 N–H and O–H groups in total. The van der Waals surface area contributed by atoms with Gasteiger partial charge >= 0.3 is 0 Å². The summed E-state index contributed by atoms with van der Waals surface area (Å²) < 4.78 is 0. The molecule has 4 aliphatic rings. The van der Waals surface area contributed by atoms with Gasteiger partial charge in [0.25, 0.3) is 0 Å². The minimum atomic E-state index is 0.405. The van der Waals surface area contributed by atoms with E-state index in [2.05, 4.69) is 19.9 Å². The summed E-state index contributed by atoms with van der Waals surface area (Å²) in [4.78, 5) is 0. The van der Waals surface area contributed by atoms with Gasteiger partial charge < -0.3 is 5.11 Å². The first-order chi connectivity index (χ1) is 9.06. The Bertz CT molecular complexity index is 493. The van der Waals surface area contributed by atoms with Gasteiger partial charge in [0.1, 0.15) is 5.75 Å². The van der Waals surface area contributed by atoms with Crippen molar-refractivity contribution in [3.05, 3.63) is 28.8 Å². The van der Waals surface area contributed by atoms with E-state index in [4.69, 9.17) is 0 Å². The third-order valence-corrected chi connectivity index (χ3v) is 6.13. The average Bonchev–Trinajstić information content (AvgIpc) is 2.32. The number of phenols is 1. The number of aryl methyl sites for hydroxylation is 1. The molecule has 0 unspecified atom stereocenters. The Balaban J connectivity index is 1.84. The zero-order chi connectivity index (χ0) is 13.2. The normalized spacial score (nSPS) is 39.8. The number of aromatic hydroxyl groups is 1. The molecule has 4 fully saturated rings. The topological polar surface area (TPSA) is 20.2 Å². The summed E-state index contributed by atoms with van der Waals surface area (Å²) in [5.41, 5.74) is 4.24. The highest BCUT2D eigenvalue weighted by Crippen LogP contribution is 2.61. The fourth-order valence-corrected chi connectivity index (χ4v) is 5.83. The van der Waals surface area contributed by atoms with E-state index in [9.17, 15) is 5.11 Å². The molecule has 1 nitrogen and oxygen atoms in total. The largest absolute Gasteiger partial charge is 0.508 e. The highest BCUT2D eigenvalue weighted by atomic mass is 16.3. The SMILES string of the molecule is Cc1cc(O)c(C)c(C23CC4CC(CC(C4)C2)C3)c1. The molecule has 1 heteroatoms. The van der Waals surface area contributed by atoms with Crippen LogP contribution >= 0.6 is 0 Å². The van der Waals surface area contributed by atoms with Crippen LogP contribution in [0.25, 0.3) is 0 Å². The van der Waals surface area contributed by atoms with Crippen LogP contribution in [-0.4, -0.2) is 5.11 Å². The first kappa shape index (κ1) is 11.8. The lowest BCUT2D eigenvalue weighted by molar-refractivity contribution is -0.00558. The molecule has 0 amide bonds. The van der Waals surface area contributed by atoms with Crippen molar-refractivity contribution in [1.82, 2.24) is 0 Å². The molecule has 5 rings (SSSR count). The van der Waals surface area contributed by atoms with Gasteiger partial charge in [-0.2, -0.15) is 0 Å². The lowest BCUT2D eigenvalue weighted by Crippen LogP contribution is -2.48. The maximum Gasteiger partial charge on any atom is 0.119 e. The van der Waals surface area contributed by atoms with Crippen molar-refractivity contribution in [2.24, 2.45) is 17.8 Å². The fourth-order valence-electron chi connectivity index (χ4n) is 5.83. The van der Waals surface area contributed by atoms with Crippen molar-refractivity contribution in [3.63, 3.8) is 0 Å². The van der Waals surface area contributed by atoms with Crippen LogP contribution in [0, 0.1) is 31.6 Å². The van der Waals surface area contributed by atoms with E-state index in [0.717, 1.165) is 23.3 Å². The van der Waals surface area contributed by atoms with Crippen LogP contribution in [0.15, 0.2) is 12.1 Å². The van der Waals surface area contributed by atoms with Crippen LogP contribution in [0.4, 0.5) is 0 Å². The second kappa shape index (κ2) is 3.77. The Labute approximate surface area is 116 Å². The molecule has 1 aromatic carbocycles. The van der Waals surface area contributed by atoms with E-state index in [1.54, 1.807) is 0 Å². The van der Waals surface area contributed by atoms with Crippen molar-refractivity contribution in [3.8, 4) is 5.75 Å². The molecule has 0 aliphatic heterocycles. The first-order valence-corrected chi connectivity index (χ1v) is 7.86. The summed E-state index contributed by atoms with van der Waals surface area (Å²) in [6.45, 7) is 4.23. The van der Waals surface area contributed by atoms with Gasteiger partial charge in [0.15, 0.2) is 0 Å². The van der Waals surface area contributed by atoms with Crippen LogP contribution in [0.3, 0.4) is 0 Å². The Morgan fingerprint density at radius 2 is 1.47 bits per heavy atom. The average molecular weight is 256 g/mol. The van der Waals surface area contributed by atoms with Crippen LogP contribution in [0.2, 0.25) is 0 Å². The van der Waals surface area contributed by atoms with Crippen molar-refractivity contribution >= 4 is 0 Å². The summed E-state index contributed by atoms with van der Waals surface area (Å²) >= 11 is 0. The standard InChI is InChI=1S/C18H24O/c1-11-3-16(12(2)17(19)4-11)18-8-13-5-14(9-18)7-15(6-13)10-18/h3-4,13-15,19H,5-10H2,1-2H3. The molecule has 4 bridgehead atoms. The monoisotopic (exact) mass is 256 g/mol. The molecule has 0 spiro atoms. The number of phenolic OH excluding ortho intramolecular Hbond substituents is 1. The molecular formula is C18H24O. The molecule has 19 heavy (non-hydrogen) atoms. The highest BCUT2D eigenvalue weighted by molar-refractivity contribution is 5.46. The third-order valence-electron chi connectivity index (χ3n) is 6.13. The Morgan fingerprint density at radius 3 is 2.00 bits per heavy atom. The highest BCUT2D eigenvalue weighted by Gasteiger charge is 2.52. The van der Waals surface area contributed by atoms with Gasteiger partial charge in [-0.25, -0.2) is 0 Å². The van der Waals surface area contributed by atoms with Crippen molar-refractivity contribution in [1.29, 1.82) is 0 Å². The Hall–Kier alpha value is -0.980. The molecule has 1 aromatic rings. The molecule has 4 saturated carbocycles. The second-order valence-electron chi connectivity index (χ2n) is 7.65. The number of hydrogen-bond donors (Lipinski definition) is 1. The molecule has 0 aromatic heterocycles. The van der Waals surface area contributed by atoms with Crippen LogP contribution < -0.4 is 0 Å². The quantitative estimate of drug-likeness (QED) is 0.785. The predicted molar refractivity (Wildman–Crippen MR) is 77.4 cm³/mol. The van der Waals surface area contributed by atoms with Gasteiger partial charge in [0.05, 0.1) is 0 Å². The summed E-state index contributed by atoms with van der Waals surface area (Å²) in [5, 5.41) is 10.2. The van der Waals surface area contributed by atoms with Crippen LogP contribution in [0.5, 0.6) is 5.75 Å². The van der Waals surface area contributed by atoms with Gasteiger partial charge in [-0.15, -0.1) is 0 Å². The Morgan fingerprint density at radius 1 is 0.947 bits per heavy atom. The minimum absolute atomic E-state index is 0.405. The van der Waals surface area contributed by atoms with Gasteiger partial charge in [0, 0.05) is 0 Å².